The van der Waals surface area contributed by atoms with Gasteiger partial charge in [-0.15, -0.1) is 0 Å². The Kier molecular flexibility index (Phi) is 8.19. The molecule has 0 unspecified atom stereocenters. The molecule has 40 heavy (non-hydrogen) atoms. The topological polar surface area (TPSA) is 50.8 Å². The third kappa shape index (κ3) is 5.22. The molecule has 0 bridgehead atoms. The van der Waals surface area contributed by atoms with Gasteiger partial charge in [0.1, 0.15) is 12.4 Å². The molecule has 2 atom stereocenters. The summed E-state index contributed by atoms with van der Waals surface area (Å²) >= 11 is 0. The van der Waals surface area contributed by atoms with Crippen LogP contribution in [0.25, 0.3) is 0 Å². The van der Waals surface area contributed by atoms with Crippen LogP contribution >= 0.6 is 0 Å². The number of likely N-dealkylation sites (tertiary alicyclic amines) is 1. The number of carbonyl (C=O) groups excluding carboxylic acids is 1. The molecule has 2 heterocycles. The van der Waals surface area contributed by atoms with Crippen molar-refractivity contribution in [2.45, 2.75) is 43.6 Å². The average molecular weight is 553 g/mol. The summed E-state index contributed by atoms with van der Waals surface area (Å²) in [7, 11) is 0.957. The van der Waals surface area contributed by atoms with Crippen LogP contribution in [0.3, 0.4) is 0 Å². The average Bonchev–Trinajstić information content (AvgIpc) is 2.98. The van der Waals surface area contributed by atoms with E-state index in [2.05, 4.69) is 11.4 Å². The molecule has 8 heteroatoms. The lowest BCUT2D eigenvalue weighted by atomic mass is 9.62. The third-order valence-corrected chi connectivity index (χ3v) is 8.65. The Morgan fingerprint density at radius 3 is 2.20 bits per heavy atom. The molecule has 2 saturated heterocycles. The van der Waals surface area contributed by atoms with Crippen molar-refractivity contribution in [3.05, 3.63) is 102 Å². The molecular formula is C32H35F3N2O3. The Bertz CT molecular complexity index is 1280. The Balaban J connectivity index is 1.37. The van der Waals surface area contributed by atoms with Crippen LogP contribution in [0.4, 0.5) is 13.2 Å². The van der Waals surface area contributed by atoms with Crippen LogP contribution in [0.1, 0.15) is 41.9 Å². The zero-order valence-corrected chi connectivity index (χ0v) is 22.6. The molecule has 5 nitrogen and oxygen atoms in total. The number of hydrogen-bond donors (Lipinski definition) is 1. The molecule has 0 aliphatic carbocycles. The fourth-order valence-electron chi connectivity index (χ4n) is 6.43. The van der Waals surface area contributed by atoms with Crippen LogP contribution in [0, 0.1) is 5.41 Å². The summed E-state index contributed by atoms with van der Waals surface area (Å²) in [6.07, 6.45) is -2.84. The van der Waals surface area contributed by atoms with E-state index in [1.54, 1.807) is 6.07 Å². The summed E-state index contributed by atoms with van der Waals surface area (Å²) in [5, 5.41) is 3.51. The van der Waals surface area contributed by atoms with Gasteiger partial charge in [-0.1, -0.05) is 78.9 Å². The minimum absolute atomic E-state index is 0.106. The van der Waals surface area contributed by atoms with E-state index < -0.39 is 17.7 Å². The van der Waals surface area contributed by atoms with Gasteiger partial charge in [0.2, 0.25) is 0 Å². The molecule has 1 amide bonds. The highest BCUT2D eigenvalue weighted by molar-refractivity contribution is 5.88. The first kappa shape index (κ1) is 28.2. The molecule has 0 aromatic heterocycles. The quantitative estimate of drug-likeness (QED) is 0.388. The van der Waals surface area contributed by atoms with E-state index in [0.717, 1.165) is 43.5 Å². The van der Waals surface area contributed by atoms with E-state index in [0.29, 0.717) is 19.4 Å². The fourth-order valence-corrected chi connectivity index (χ4v) is 6.43. The fraction of sp³-hybridized carbons (Fsp3) is 0.406. The molecule has 0 radical (unpaired) electrons. The maximum absolute atomic E-state index is 14.5. The largest absolute Gasteiger partial charge is 0.489 e. The molecule has 5 rings (SSSR count). The number of nitrogens with zero attached hydrogens (tertiary/aromatic N) is 1. The molecule has 0 saturated carbocycles. The first-order chi connectivity index (χ1) is 19.3. The molecule has 2 fully saturated rings. The number of hydrogen-bond acceptors (Lipinski definition) is 4. The number of methoxy groups -OCH3 is 1. The van der Waals surface area contributed by atoms with Crippen molar-refractivity contribution in [1.29, 1.82) is 0 Å². The highest BCUT2D eigenvalue weighted by Gasteiger charge is 2.64. The second-order valence-electron chi connectivity index (χ2n) is 10.7. The van der Waals surface area contributed by atoms with Gasteiger partial charge in [-0.3, -0.25) is 4.79 Å². The molecule has 1 spiro atoms. The van der Waals surface area contributed by atoms with Gasteiger partial charge >= 0.3 is 6.18 Å². The maximum Gasteiger partial charge on any atom is 0.430 e. The molecule has 2 aliphatic heterocycles. The van der Waals surface area contributed by atoms with Gasteiger partial charge in [0, 0.05) is 38.2 Å². The molecular weight excluding hydrogens is 517 g/mol. The first-order valence-corrected chi connectivity index (χ1v) is 13.7. The van der Waals surface area contributed by atoms with Gasteiger partial charge < -0.3 is 19.7 Å². The lowest BCUT2D eigenvalue weighted by Gasteiger charge is -2.51. The number of alkyl halides is 3. The van der Waals surface area contributed by atoms with Gasteiger partial charge in [-0.05, 0) is 48.4 Å². The van der Waals surface area contributed by atoms with Gasteiger partial charge in [-0.2, -0.15) is 13.2 Å². The van der Waals surface area contributed by atoms with E-state index in [4.69, 9.17) is 9.47 Å². The molecule has 3 aromatic carbocycles. The second-order valence-corrected chi connectivity index (χ2v) is 10.7. The van der Waals surface area contributed by atoms with Gasteiger partial charge in [0.25, 0.3) is 11.5 Å². The number of para-hydroxylation sites is 1. The van der Waals surface area contributed by atoms with Crippen LogP contribution in [-0.2, 0) is 21.7 Å². The van der Waals surface area contributed by atoms with E-state index >= 15 is 0 Å². The lowest BCUT2D eigenvalue weighted by molar-refractivity contribution is -0.271. The summed E-state index contributed by atoms with van der Waals surface area (Å²) in [5.41, 5.74) is -1.24. The number of benzene rings is 3. The Labute approximate surface area is 233 Å². The summed E-state index contributed by atoms with van der Waals surface area (Å²) in [4.78, 5) is 15.0. The number of piperidine rings is 2. The minimum Gasteiger partial charge on any atom is -0.489 e. The summed E-state index contributed by atoms with van der Waals surface area (Å²) in [6, 6.07) is 25.2. The van der Waals surface area contributed by atoms with E-state index in [9.17, 15) is 18.0 Å². The molecule has 1 N–H and O–H groups in total. The first-order valence-electron chi connectivity index (χ1n) is 13.7. The zero-order chi connectivity index (χ0) is 28.2. The second kappa shape index (κ2) is 11.6. The predicted molar refractivity (Wildman–Crippen MR) is 147 cm³/mol. The minimum atomic E-state index is -4.92. The van der Waals surface area contributed by atoms with Crippen molar-refractivity contribution < 1.29 is 27.4 Å². The normalized spacial score (nSPS) is 20.6. The monoisotopic (exact) mass is 552 g/mol. The molecule has 2 aliphatic rings. The van der Waals surface area contributed by atoms with Crippen molar-refractivity contribution in [2.75, 3.05) is 33.3 Å². The summed E-state index contributed by atoms with van der Waals surface area (Å²) in [5.74, 6) is -0.132. The number of nitrogens with one attached hydrogen (secondary N) is 1. The van der Waals surface area contributed by atoms with Crippen molar-refractivity contribution in [3.8, 4) is 5.75 Å². The molecule has 212 valence electrons. The van der Waals surface area contributed by atoms with Crippen LogP contribution in [-0.4, -0.2) is 50.3 Å². The van der Waals surface area contributed by atoms with E-state index in [1.807, 2.05) is 48.5 Å². The Morgan fingerprint density at radius 2 is 1.55 bits per heavy atom. The van der Waals surface area contributed by atoms with Gasteiger partial charge in [-0.25, -0.2) is 0 Å². The zero-order valence-electron chi connectivity index (χ0n) is 22.6. The van der Waals surface area contributed by atoms with E-state index in [1.165, 1.54) is 29.2 Å². The SMILES string of the molecule is CO[C@@](C(=O)N1CCC2(CCNC[C@@H]2c2ccccc2OCc2ccccc2)CC1)(c1ccccc1)C(F)(F)F. The number of rotatable bonds is 7. The van der Waals surface area contributed by atoms with Crippen molar-refractivity contribution in [3.63, 3.8) is 0 Å². The number of ether oxygens (including phenoxy) is 2. The van der Waals surface area contributed by atoms with Crippen LogP contribution in [0.15, 0.2) is 84.9 Å². The highest BCUT2D eigenvalue weighted by Crippen LogP contribution is 2.51. The van der Waals surface area contributed by atoms with Crippen LogP contribution in [0.2, 0.25) is 0 Å². The number of halogens is 3. The highest BCUT2D eigenvalue weighted by atomic mass is 19.4. The van der Waals surface area contributed by atoms with E-state index in [-0.39, 0.29) is 30.0 Å². The van der Waals surface area contributed by atoms with Crippen LogP contribution < -0.4 is 10.1 Å². The van der Waals surface area contributed by atoms with Crippen molar-refractivity contribution >= 4 is 5.91 Å². The number of amides is 1. The van der Waals surface area contributed by atoms with Gasteiger partial charge in [0.15, 0.2) is 0 Å². The third-order valence-electron chi connectivity index (χ3n) is 8.65. The smallest absolute Gasteiger partial charge is 0.430 e. The maximum atomic E-state index is 14.5. The predicted octanol–water partition coefficient (Wildman–Crippen LogP) is 6.06. The lowest BCUT2D eigenvalue weighted by Crippen LogP contribution is -2.59. The summed E-state index contributed by atoms with van der Waals surface area (Å²) in [6.45, 7) is 2.48. The van der Waals surface area contributed by atoms with Crippen molar-refractivity contribution in [1.82, 2.24) is 10.2 Å². The van der Waals surface area contributed by atoms with Crippen molar-refractivity contribution in [2.24, 2.45) is 5.41 Å². The van der Waals surface area contributed by atoms with Gasteiger partial charge in [0.05, 0.1) is 0 Å². The summed E-state index contributed by atoms with van der Waals surface area (Å²) < 4.78 is 55.0. The standard InChI is InChI=1S/C32H35F3N2O3/c1-39-31(32(33,34)35,25-12-6-3-7-13-25)29(38)37-20-17-30(18-21-37)16-19-36-22-27(30)26-14-8-9-15-28(26)40-23-24-10-4-2-5-11-24/h2-15,27,36H,16-23H2,1H3/t27-,31-/m1/s1. The van der Waals surface area contributed by atoms with Crippen LogP contribution in [0.5, 0.6) is 5.75 Å². The Morgan fingerprint density at radius 1 is 0.925 bits per heavy atom. The number of carbonyl (C=O) groups is 1. The molecule has 3 aromatic rings. The Hall–Kier alpha value is -3.36.